The standard InChI is InChI=1S/C31H34F2N2O4/c1-17-20-9-7-15-38-24(20)12-11-21(17)26-22-13-14-35(16-19-8-6-10-23(32)27(19)33)29(22)34-18(2)25(26)28(30(36)37)39-31(3,4)5/h6,8,10-12,28H,7,9,13-16H2,1-5H3,(H,36,37)/t28-/m0/s1. The minimum atomic E-state index is -1.24. The molecular formula is C31H34F2N2O4. The molecule has 3 aromatic rings. The van der Waals surface area contributed by atoms with Crippen molar-refractivity contribution in [2.45, 2.75) is 72.1 Å². The van der Waals surface area contributed by atoms with E-state index in [1.807, 2.05) is 44.7 Å². The van der Waals surface area contributed by atoms with Crippen LogP contribution in [0.4, 0.5) is 14.6 Å². The maximum atomic E-state index is 14.6. The van der Waals surface area contributed by atoms with Gasteiger partial charge in [0, 0.05) is 35.5 Å². The summed E-state index contributed by atoms with van der Waals surface area (Å²) in [5, 5.41) is 10.3. The number of aliphatic carboxylic acids is 1. The van der Waals surface area contributed by atoms with Gasteiger partial charge in [-0.25, -0.2) is 18.6 Å². The number of halogens is 2. The van der Waals surface area contributed by atoms with Crippen molar-refractivity contribution in [2.75, 3.05) is 18.1 Å². The van der Waals surface area contributed by atoms with Crippen molar-refractivity contribution in [3.8, 4) is 16.9 Å². The molecule has 2 aliphatic heterocycles. The number of ether oxygens (including phenoxy) is 2. The Morgan fingerprint density at radius 1 is 1.15 bits per heavy atom. The number of hydrogen-bond acceptors (Lipinski definition) is 5. The molecule has 1 N–H and O–H groups in total. The van der Waals surface area contributed by atoms with E-state index in [0.717, 1.165) is 52.5 Å². The van der Waals surface area contributed by atoms with Gasteiger partial charge < -0.3 is 19.5 Å². The number of nitrogens with zero attached hydrogens (tertiary/aromatic N) is 2. The van der Waals surface area contributed by atoms with Crippen LogP contribution in [0.25, 0.3) is 11.1 Å². The van der Waals surface area contributed by atoms with Gasteiger partial charge in [0.05, 0.1) is 12.2 Å². The van der Waals surface area contributed by atoms with Gasteiger partial charge in [0.25, 0.3) is 0 Å². The van der Waals surface area contributed by atoms with Crippen molar-refractivity contribution in [3.63, 3.8) is 0 Å². The molecule has 5 rings (SSSR count). The second kappa shape index (κ2) is 10.2. The van der Waals surface area contributed by atoms with E-state index in [0.29, 0.717) is 36.6 Å². The quantitative estimate of drug-likeness (QED) is 0.389. The van der Waals surface area contributed by atoms with Crippen LogP contribution in [0.2, 0.25) is 0 Å². The molecule has 0 radical (unpaired) electrons. The topological polar surface area (TPSA) is 71.9 Å². The number of aromatic nitrogens is 1. The SMILES string of the molecule is Cc1nc2c(c(-c3ccc4c(c3C)CCCO4)c1[C@H](OC(C)(C)C)C(=O)O)CCN2Cc1cccc(F)c1F. The molecule has 0 aliphatic carbocycles. The van der Waals surface area contributed by atoms with E-state index in [9.17, 15) is 18.7 Å². The molecule has 0 saturated carbocycles. The van der Waals surface area contributed by atoms with Crippen molar-refractivity contribution in [2.24, 2.45) is 0 Å². The fourth-order valence-electron chi connectivity index (χ4n) is 5.72. The molecule has 0 fully saturated rings. The third kappa shape index (κ3) is 5.10. The smallest absolute Gasteiger partial charge is 0.337 e. The summed E-state index contributed by atoms with van der Waals surface area (Å²) in [6.45, 7) is 10.7. The minimum absolute atomic E-state index is 0.152. The van der Waals surface area contributed by atoms with Crippen LogP contribution in [0.3, 0.4) is 0 Å². The highest BCUT2D eigenvalue weighted by atomic mass is 19.2. The van der Waals surface area contributed by atoms with E-state index in [1.54, 1.807) is 13.0 Å². The maximum Gasteiger partial charge on any atom is 0.337 e. The number of hydrogen-bond donors (Lipinski definition) is 1. The first kappa shape index (κ1) is 27.1. The summed E-state index contributed by atoms with van der Waals surface area (Å²) in [6.07, 6.45) is 1.13. The van der Waals surface area contributed by atoms with Crippen molar-refractivity contribution in [3.05, 3.63) is 75.5 Å². The zero-order chi connectivity index (χ0) is 28.1. The molecule has 0 unspecified atom stereocenters. The van der Waals surface area contributed by atoms with Gasteiger partial charge in [-0.05, 0) is 88.3 Å². The third-order valence-corrected chi connectivity index (χ3v) is 7.44. The highest BCUT2D eigenvalue weighted by molar-refractivity contribution is 5.86. The first-order valence-corrected chi connectivity index (χ1v) is 13.3. The Kier molecular flexibility index (Phi) is 7.10. The van der Waals surface area contributed by atoms with Crippen molar-refractivity contribution in [1.82, 2.24) is 4.98 Å². The monoisotopic (exact) mass is 536 g/mol. The molecule has 39 heavy (non-hydrogen) atoms. The normalized spacial score (nSPS) is 15.5. The summed E-state index contributed by atoms with van der Waals surface area (Å²) in [6, 6.07) is 8.12. The second-order valence-corrected chi connectivity index (χ2v) is 11.3. The van der Waals surface area contributed by atoms with E-state index in [2.05, 4.69) is 0 Å². The van der Waals surface area contributed by atoms with Gasteiger partial charge in [0.2, 0.25) is 0 Å². The molecule has 0 saturated heterocycles. The van der Waals surface area contributed by atoms with Gasteiger partial charge in [-0.15, -0.1) is 0 Å². The molecule has 6 nitrogen and oxygen atoms in total. The lowest BCUT2D eigenvalue weighted by molar-refractivity contribution is -0.160. The largest absolute Gasteiger partial charge is 0.493 e. The maximum absolute atomic E-state index is 14.6. The highest BCUT2D eigenvalue weighted by Gasteiger charge is 2.36. The van der Waals surface area contributed by atoms with Crippen LogP contribution in [-0.2, 0) is 28.9 Å². The molecule has 0 bridgehead atoms. The summed E-state index contributed by atoms with van der Waals surface area (Å²) in [7, 11) is 0. The Balaban J connectivity index is 1.72. The lowest BCUT2D eigenvalue weighted by atomic mass is 9.85. The number of carbonyl (C=O) groups is 1. The molecule has 3 heterocycles. The third-order valence-electron chi connectivity index (χ3n) is 7.44. The zero-order valence-corrected chi connectivity index (χ0v) is 23.0. The van der Waals surface area contributed by atoms with E-state index in [-0.39, 0.29) is 12.1 Å². The summed E-state index contributed by atoms with van der Waals surface area (Å²) < 4.78 is 40.5. The van der Waals surface area contributed by atoms with Crippen molar-refractivity contribution in [1.29, 1.82) is 0 Å². The first-order chi connectivity index (χ1) is 18.5. The molecule has 8 heteroatoms. The van der Waals surface area contributed by atoms with Crippen LogP contribution < -0.4 is 9.64 Å². The number of carboxylic acids is 1. The number of benzene rings is 2. The number of carboxylic acid groups (broad SMARTS) is 1. The Morgan fingerprint density at radius 3 is 2.64 bits per heavy atom. The lowest BCUT2D eigenvalue weighted by Crippen LogP contribution is -2.29. The molecule has 0 spiro atoms. The summed E-state index contributed by atoms with van der Waals surface area (Å²) >= 11 is 0. The minimum Gasteiger partial charge on any atom is -0.493 e. The van der Waals surface area contributed by atoms with Crippen LogP contribution in [-0.4, -0.2) is 34.8 Å². The number of rotatable bonds is 6. The highest BCUT2D eigenvalue weighted by Crippen LogP contribution is 2.46. The Bertz CT molecular complexity index is 1450. The molecular weight excluding hydrogens is 502 g/mol. The average Bonchev–Trinajstić information content (AvgIpc) is 3.26. The lowest BCUT2D eigenvalue weighted by Gasteiger charge is -2.30. The number of aryl methyl sites for hydroxylation is 1. The fourth-order valence-corrected chi connectivity index (χ4v) is 5.72. The van der Waals surface area contributed by atoms with Gasteiger partial charge in [0.1, 0.15) is 11.6 Å². The molecule has 1 atom stereocenters. The molecule has 2 aliphatic rings. The second-order valence-electron chi connectivity index (χ2n) is 11.3. The Hall–Kier alpha value is -3.52. The van der Waals surface area contributed by atoms with Gasteiger partial charge >= 0.3 is 5.97 Å². The Labute approximate surface area is 227 Å². The van der Waals surface area contributed by atoms with E-state index in [1.165, 1.54) is 6.07 Å². The number of fused-ring (bicyclic) bond motifs is 2. The van der Waals surface area contributed by atoms with E-state index >= 15 is 0 Å². The zero-order valence-electron chi connectivity index (χ0n) is 23.0. The molecule has 1 aromatic heterocycles. The van der Waals surface area contributed by atoms with E-state index in [4.69, 9.17) is 14.5 Å². The van der Waals surface area contributed by atoms with Crippen LogP contribution in [0.15, 0.2) is 30.3 Å². The number of pyridine rings is 1. The van der Waals surface area contributed by atoms with Crippen LogP contribution in [0, 0.1) is 25.5 Å². The van der Waals surface area contributed by atoms with Gasteiger partial charge in [-0.1, -0.05) is 18.2 Å². The average molecular weight is 537 g/mol. The summed E-state index contributed by atoms with van der Waals surface area (Å²) in [5.41, 5.74) is 5.33. The summed E-state index contributed by atoms with van der Waals surface area (Å²) in [5.74, 6) is -1.33. The van der Waals surface area contributed by atoms with Gasteiger partial charge in [-0.2, -0.15) is 0 Å². The van der Waals surface area contributed by atoms with Gasteiger partial charge in [0.15, 0.2) is 17.7 Å². The molecule has 0 amide bonds. The van der Waals surface area contributed by atoms with Crippen LogP contribution >= 0.6 is 0 Å². The first-order valence-electron chi connectivity index (χ1n) is 13.3. The molecule has 2 aromatic carbocycles. The predicted molar refractivity (Wildman–Crippen MR) is 145 cm³/mol. The Morgan fingerprint density at radius 2 is 1.92 bits per heavy atom. The summed E-state index contributed by atoms with van der Waals surface area (Å²) in [4.78, 5) is 19.4. The van der Waals surface area contributed by atoms with Crippen LogP contribution in [0.1, 0.15) is 66.8 Å². The predicted octanol–water partition coefficient (Wildman–Crippen LogP) is 6.47. The van der Waals surface area contributed by atoms with Crippen molar-refractivity contribution >= 4 is 11.8 Å². The van der Waals surface area contributed by atoms with Crippen molar-refractivity contribution < 1.29 is 28.2 Å². The molecule has 206 valence electrons. The van der Waals surface area contributed by atoms with Crippen LogP contribution in [0.5, 0.6) is 5.75 Å². The van der Waals surface area contributed by atoms with E-state index < -0.39 is 29.3 Å². The van der Waals surface area contributed by atoms with Gasteiger partial charge in [-0.3, -0.25) is 0 Å². The fraction of sp³-hybridized carbons (Fsp3) is 0.419. The number of anilines is 1.